The fraction of sp³-hybridized carbons (Fsp3) is 0.600. The van der Waals surface area contributed by atoms with Crippen molar-refractivity contribution in [2.75, 3.05) is 13.2 Å². The predicted molar refractivity (Wildman–Crippen MR) is 167 cm³/mol. The Morgan fingerprint density at radius 1 is 1.16 bits per heavy atom. The molecule has 0 spiro atoms. The first-order valence-electron chi connectivity index (χ1n) is 15.7. The van der Waals surface area contributed by atoms with Crippen molar-refractivity contribution in [2.24, 2.45) is 11.3 Å². The maximum Gasteiger partial charge on any atom is 0.335 e. The van der Waals surface area contributed by atoms with E-state index in [0.717, 1.165) is 5.57 Å². The molecule has 3 heterocycles. The highest BCUT2D eigenvalue weighted by Crippen LogP contribution is 2.41. The van der Waals surface area contributed by atoms with Gasteiger partial charge in [0.05, 0.1) is 49.1 Å². The Labute approximate surface area is 261 Å². The second kappa shape index (κ2) is 17.6. The van der Waals surface area contributed by atoms with Gasteiger partial charge in [0.25, 0.3) is 0 Å². The molecule has 0 aromatic rings. The maximum absolute atomic E-state index is 12.9. The van der Waals surface area contributed by atoms with Crippen LogP contribution in [0, 0.1) is 11.3 Å². The number of aliphatic hydroxyl groups is 3. The first-order valence-corrected chi connectivity index (χ1v) is 15.7. The average molecular weight is 615 g/mol. The zero-order valence-corrected chi connectivity index (χ0v) is 26.4. The first-order chi connectivity index (χ1) is 21.1. The number of ether oxygens (including phenoxy) is 4. The maximum atomic E-state index is 12.9. The second-order valence-electron chi connectivity index (χ2n) is 12.1. The molecular formula is C35H50O9. The van der Waals surface area contributed by atoms with E-state index in [0.29, 0.717) is 32.1 Å². The minimum atomic E-state index is -1.25. The lowest BCUT2D eigenvalue weighted by atomic mass is 9.73. The Morgan fingerprint density at radius 3 is 2.70 bits per heavy atom. The molecule has 0 aromatic carbocycles. The molecule has 9 nitrogen and oxygen atoms in total. The normalized spacial score (nSPS) is 38.4. The summed E-state index contributed by atoms with van der Waals surface area (Å²) in [4.78, 5) is 24.6. The molecule has 244 valence electrons. The van der Waals surface area contributed by atoms with E-state index in [-0.39, 0.29) is 43.9 Å². The van der Waals surface area contributed by atoms with E-state index in [9.17, 15) is 24.9 Å². The molecule has 2 fully saturated rings. The van der Waals surface area contributed by atoms with Gasteiger partial charge >= 0.3 is 11.9 Å². The van der Waals surface area contributed by atoms with Gasteiger partial charge in [-0.15, -0.1) is 0 Å². The van der Waals surface area contributed by atoms with Gasteiger partial charge in [0.15, 0.2) is 6.10 Å². The van der Waals surface area contributed by atoms with Crippen molar-refractivity contribution in [3.63, 3.8) is 0 Å². The fourth-order valence-corrected chi connectivity index (χ4v) is 5.67. The smallest absolute Gasteiger partial charge is 0.335 e. The number of esters is 2. The highest BCUT2D eigenvalue weighted by atomic mass is 16.6. The summed E-state index contributed by atoms with van der Waals surface area (Å²) in [5, 5.41) is 31.1. The van der Waals surface area contributed by atoms with Crippen LogP contribution in [0.15, 0.2) is 72.4 Å². The van der Waals surface area contributed by atoms with Crippen molar-refractivity contribution in [3.8, 4) is 0 Å². The number of carbonyl (C=O) groups excluding carboxylic acids is 2. The molecule has 0 aliphatic carbocycles. The predicted octanol–water partition coefficient (Wildman–Crippen LogP) is 4.43. The van der Waals surface area contributed by atoms with Crippen LogP contribution in [-0.4, -0.2) is 83.2 Å². The van der Waals surface area contributed by atoms with E-state index in [1.165, 1.54) is 6.08 Å². The Balaban J connectivity index is 1.80. The quantitative estimate of drug-likeness (QED) is 0.281. The Morgan fingerprint density at radius 2 is 1.95 bits per heavy atom. The number of carbonyl (C=O) groups is 2. The van der Waals surface area contributed by atoms with Gasteiger partial charge in [0.2, 0.25) is 0 Å². The lowest BCUT2D eigenvalue weighted by molar-refractivity contribution is -0.198. The third-order valence-corrected chi connectivity index (χ3v) is 8.58. The molecule has 9 heteroatoms. The van der Waals surface area contributed by atoms with Gasteiger partial charge in [0.1, 0.15) is 6.10 Å². The molecule has 9 atom stereocenters. The minimum Gasteiger partial charge on any atom is -0.464 e. The monoisotopic (exact) mass is 614 g/mol. The van der Waals surface area contributed by atoms with Crippen LogP contribution in [-0.2, 0) is 28.5 Å². The highest BCUT2D eigenvalue weighted by molar-refractivity contribution is 5.82. The van der Waals surface area contributed by atoms with Gasteiger partial charge in [-0.1, -0.05) is 80.2 Å². The van der Waals surface area contributed by atoms with Gasteiger partial charge in [-0.3, -0.25) is 0 Å². The minimum absolute atomic E-state index is 0.0163. The number of fused-ring (bicyclic) bond motifs is 4. The summed E-state index contributed by atoms with van der Waals surface area (Å²) in [7, 11) is 0. The number of aliphatic hydroxyl groups excluding tert-OH is 3. The van der Waals surface area contributed by atoms with Gasteiger partial charge in [0, 0.05) is 31.3 Å². The molecule has 0 saturated carbocycles. The summed E-state index contributed by atoms with van der Waals surface area (Å²) in [6.45, 7) is 7.46. The van der Waals surface area contributed by atoms with Gasteiger partial charge in [-0.25, -0.2) is 9.59 Å². The van der Waals surface area contributed by atoms with Crippen molar-refractivity contribution < 1.29 is 43.9 Å². The summed E-state index contributed by atoms with van der Waals surface area (Å²) in [6.07, 6.45) is 19.4. The third-order valence-electron chi connectivity index (χ3n) is 8.58. The fourth-order valence-electron chi connectivity index (χ4n) is 5.67. The van der Waals surface area contributed by atoms with Gasteiger partial charge < -0.3 is 34.3 Å². The molecule has 0 aromatic heterocycles. The zero-order valence-electron chi connectivity index (χ0n) is 26.4. The van der Waals surface area contributed by atoms with Crippen LogP contribution in [0.3, 0.4) is 0 Å². The molecule has 3 aliphatic rings. The van der Waals surface area contributed by atoms with Crippen molar-refractivity contribution in [1.29, 1.82) is 0 Å². The van der Waals surface area contributed by atoms with Crippen LogP contribution in [0.4, 0.5) is 0 Å². The average Bonchev–Trinajstić information content (AvgIpc) is 2.98. The van der Waals surface area contributed by atoms with E-state index in [1.807, 2.05) is 51.2 Å². The van der Waals surface area contributed by atoms with Crippen molar-refractivity contribution in [3.05, 3.63) is 72.4 Å². The molecule has 0 unspecified atom stereocenters. The molecule has 0 radical (unpaired) electrons. The van der Waals surface area contributed by atoms with Crippen LogP contribution in [0.5, 0.6) is 0 Å². The van der Waals surface area contributed by atoms with E-state index in [4.69, 9.17) is 18.9 Å². The Kier molecular flexibility index (Phi) is 14.3. The Hall–Kier alpha value is -2.82. The molecule has 3 aliphatic heterocycles. The number of rotatable bonds is 7. The first kappa shape index (κ1) is 35.7. The van der Waals surface area contributed by atoms with Crippen molar-refractivity contribution in [1.82, 2.24) is 0 Å². The molecule has 44 heavy (non-hydrogen) atoms. The molecule has 0 amide bonds. The summed E-state index contributed by atoms with van der Waals surface area (Å²) in [5.41, 5.74) is 0.162. The number of allylic oxidation sites excluding steroid dienone is 6. The highest BCUT2D eigenvalue weighted by Gasteiger charge is 2.49. The van der Waals surface area contributed by atoms with Crippen LogP contribution in [0.1, 0.15) is 66.2 Å². The standard InChI is InChI=1S/C35H50O9/c1-5-41-34(40)28(37)17-12-13-18-31-35(4,23-36)32-22-27(43-31)16-9-6-8-14-24(2)20-30-25(3)29(38)21-26(42-30)15-10-7-11-19-33(39)44-32/h7-14,16,19-20,25-32,36-38H,5-6,15,17-18,21-23H2,1-4H3/b10-7+,13-12+,14-8+,16-9-,19-11+,24-20-/t25-,26+,27-,28-,29+,30-,31+,32-,35+/m1/s1. The van der Waals surface area contributed by atoms with Crippen LogP contribution in [0.25, 0.3) is 0 Å². The second-order valence-corrected chi connectivity index (χ2v) is 12.1. The third kappa shape index (κ3) is 10.4. The molecule has 3 N–H and O–H groups in total. The largest absolute Gasteiger partial charge is 0.464 e. The summed E-state index contributed by atoms with van der Waals surface area (Å²) < 4.78 is 23.4. The number of hydrogen-bond donors (Lipinski definition) is 3. The van der Waals surface area contributed by atoms with Crippen molar-refractivity contribution >= 4 is 11.9 Å². The van der Waals surface area contributed by atoms with E-state index in [1.54, 1.807) is 31.2 Å². The van der Waals surface area contributed by atoms with Crippen LogP contribution >= 0.6 is 0 Å². The van der Waals surface area contributed by atoms with Crippen LogP contribution in [0.2, 0.25) is 0 Å². The molecule has 2 saturated heterocycles. The van der Waals surface area contributed by atoms with Gasteiger partial charge in [-0.05, 0) is 33.1 Å². The summed E-state index contributed by atoms with van der Waals surface area (Å²) in [5.74, 6) is -1.21. The molecule has 3 rings (SSSR count). The molecule has 4 bridgehead atoms. The van der Waals surface area contributed by atoms with Crippen LogP contribution < -0.4 is 0 Å². The van der Waals surface area contributed by atoms with E-state index in [2.05, 4.69) is 6.08 Å². The summed E-state index contributed by atoms with van der Waals surface area (Å²) >= 11 is 0. The van der Waals surface area contributed by atoms with Gasteiger partial charge in [-0.2, -0.15) is 0 Å². The lowest BCUT2D eigenvalue weighted by Crippen LogP contribution is -2.55. The van der Waals surface area contributed by atoms with Crippen molar-refractivity contribution in [2.45, 2.75) is 109 Å². The molecular weight excluding hydrogens is 564 g/mol. The van der Waals surface area contributed by atoms with E-state index < -0.39 is 41.8 Å². The number of hydrogen-bond acceptors (Lipinski definition) is 9. The van der Waals surface area contributed by atoms with E-state index >= 15 is 0 Å². The zero-order chi connectivity index (χ0) is 32.1. The SMILES string of the molecule is CCOC(=O)[C@H](O)C/C=C/C[C@@H]1O[C@@H]2/C=C\C/C=C/C(C)=C\[C@H]3O[C@@H](C/C=C/C=C/C(=O)O[C@H](C2)[C@@]1(C)CO)C[C@H](O)[C@H]3C. The lowest BCUT2D eigenvalue weighted by Gasteiger charge is -2.47. The topological polar surface area (TPSA) is 132 Å². The Bertz CT molecular complexity index is 1120. The summed E-state index contributed by atoms with van der Waals surface area (Å²) in [6, 6.07) is 0.